The third-order valence-corrected chi connectivity index (χ3v) is 5.64. The topological polar surface area (TPSA) is 44.3 Å². The summed E-state index contributed by atoms with van der Waals surface area (Å²) in [5.41, 5.74) is 0.827. The molecule has 0 saturated heterocycles. The summed E-state index contributed by atoms with van der Waals surface area (Å²) in [6.45, 7) is 0.874. The van der Waals surface area contributed by atoms with E-state index >= 15 is 0 Å². The van der Waals surface area contributed by atoms with Crippen LogP contribution >= 0.6 is 11.6 Å². The first-order valence-corrected chi connectivity index (χ1v) is 9.40. The van der Waals surface area contributed by atoms with Crippen molar-refractivity contribution in [1.82, 2.24) is 5.32 Å². The summed E-state index contributed by atoms with van der Waals surface area (Å²) in [5.74, 6) is -0.384. The molecule has 2 saturated carbocycles. The van der Waals surface area contributed by atoms with Crippen LogP contribution in [0.3, 0.4) is 0 Å². The van der Waals surface area contributed by atoms with E-state index < -0.39 is 0 Å². The van der Waals surface area contributed by atoms with E-state index in [1.165, 1.54) is 6.07 Å². The quantitative estimate of drug-likeness (QED) is 0.739. The SMILES string of the molecule is OC1CCC(NCC2(Nc3ccc(F)c(Cl)c3)C[CH]CCC2)CC1. The summed E-state index contributed by atoms with van der Waals surface area (Å²) in [6, 6.07) is 5.32. The second-order valence-electron chi connectivity index (χ2n) is 7.31. The summed E-state index contributed by atoms with van der Waals surface area (Å²) in [5, 5.41) is 17.1. The van der Waals surface area contributed by atoms with Crippen molar-refractivity contribution in [3.8, 4) is 0 Å². The van der Waals surface area contributed by atoms with E-state index in [1.807, 2.05) is 0 Å². The van der Waals surface area contributed by atoms with Crippen molar-refractivity contribution in [2.24, 2.45) is 0 Å². The highest BCUT2D eigenvalue weighted by Crippen LogP contribution is 2.32. The van der Waals surface area contributed by atoms with Crippen LogP contribution in [-0.2, 0) is 0 Å². The number of benzene rings is 1. The fraction of sp³-hybridized carbons (Fsp3) is 0.632. The van der Waals surface area contributed by atoms with Crippen molar-refractivity contribution in [3.05, 3.63) is 35.5 Å². The number of aliphatic hydroxyl groups is 1. The molecule has 133 valence electrons. The van der Waals surface area contributed by atoms with E-state index in [0.717, 1.165) is 63.6 Å². The minimum atomic E-state index is -0.384. The molecule has 5 heteroatoms. The van der Waals surface area contributed by atoms with Gasteiger partial charge < -0.3 is 15.7 Å². The number of hydrogen-bond donors (Lipinski definition) is 3. The maximum atomic E-state index is 13.4. The second kappa shape index (κ2) is 8.03. The van der Waals surface area contributed by atoms with Crippen molar-refractivity contribution < 1.29 is 9.50 Å². The van der Waals surface area contributed by atoms with E-state index in [9.17, 15) is 9.50 Å². The van der Waals surface area contributed by atoms with Gasteiger partial charge in [-0.25, -0.2) is 4.39 Å². The van der Waals surface area contributed by atoms with Crippen LogP contribution in [0.25, 0.3) is 0 Å². The molecule has 0 aromatic heterocycles. The Bertz CT molecular complexity index is 540. The summed E-state index contributed by atoms with van der Waals surface area (Å²) in [4.78, 5) is 0. The summed E-state index contributed by atoms with van der Waals surface area (Å²) < 4.78 is 13.4. The highest BCUT2D eigenvalue weighted by atomic mass is 35.5. The molecule has 24 heavy (non-hydrogen) atoms. The third kappa shape index (κ3) is 4.62. The molecule has 1 aromatic carbocycles. The van der Waals surface area contributed by atoms with Crippen molar-refractivity contribution in [3.63, 3.8) is 0 Å². The molecule has 0 aliphatic heterocycles. The molecular formula is C19H27ClFN2O. The second-order valence-corrected chi connectivity index (χ2v) is 7.71. The van der Waals surface area contributed by atoms with Crippen LogP contribution in [0.15, 0.2) is 18.2 Å². The largest absolute Gasteiger partial charge is 0.393 e. The van der Waals surface area contributed by atoms with Gasteiger partial charge in [0, 0.05) is 18.3 Å². The normalized spacial score (nSPS) is 27.0. The Morgan fingerprint density at radius 3 is 2.71 bits per heavy atom. The van der Waals surface area contributed by atoms with Gasteiger partial charge in [0.2, 0.25) is 0 Å². The van der Waals surface area contributed by atoms with Gasteiger partial charge in [0.05, 0.1) is 16.7 Å². The smallest absolute Gasteiger partial charge is 0.141 e. The molecule has 1 aromatic rings. The van der Waals surface area contributed by atoms with E-state index in [4.69, 9.17) is 11.6 Å². The minimum Gasteiger partial charge on any atom is -0.393 e. The molecular weight excluding hydrogens is 327 g/mol. The Morgan fingerprint density at radius 1 is 1.25 bits per heavy atom. The Kier molecular flexibility index (Phi) is 6.01. The number of halogens is 2. The van der Waals surface area contributed by atoms with Crippen LogP contribution in [0.2, 0.25) is 5.02 Å². The summed E-state index contributed by atoms with van der Waals surface area (Å²) >= 11 is 5.93. The standard InChI is InChI=1S/C19H27ClFN2O/c20-17-12-15(6-9-18(17)21)23-19(10-2-1-3-11-19)13-22-14-4-7-16(24)8-5-14/h2,6,9,12,14,16,22-24H,1,3-5,7-8,10-11,13H2. The van der Waals surface area contributed by atoms with Gasteiger partial charge in [0.1, 0.15) is 5.82 Å². The molecule has 3 rings (SSSR count). The van der Waals surface area contributed by atoms with Gasteiger partial charge in [-0.2, -0.15) is 0 Å². The molecule has 3 N–H and O–H groups in total. The van der Waals surface area contributed by atoms with Gasteiger partial charge in [-0.15, -0.1) is 0 Å². The monoisotopic (exact) mass is 353 g/mol. The lowest BCUT2D eigenvalue weighted by Crippen LogP contribution is -2.51. The number of rotatable bonds is 5. The van der Waals surface area contributed by atoms with Gasteiger partial charge in [0.15, 0.2) is 0 Å². The first-order valence-electron chi connectivity index (χ1n) is 9.03. The maximum absolute atomic E-state index is 13.4. The summed E-state index contributed by atoms with van der Waals surface area (Å²) in [7, 11) is 0. The van der Waals surface area contributed by atoms with Crippen molar-refractivity contribution >= 4 is 17.3 Å². The number of nitrogens with one attached hydrogen (secondary N) is 2. The van der Waals surface area contributed by atoms with Crippen LogP contribution < -0.4 is 10.6 Å². The van der Waals surface area contributed by atoms with Crippen LogP contribution in [0.5, 0.6) is 0 Å². The average Bonchev–Trinajstić information content (AvgIpc) is 2.59. The van der Waals surface area contributed by atoms with Gasteiger partial charge >= 0.3 is 0 Å². The first kappa shape index (κ1) is 18.0. The predicted octanol–water partition coefficient (Wildman–Crippen LogP) is 4.30. The van der Waals surface area contributed by atoms with Crippen LogP contribution in [0.4, 0.5) is 10.1 Å². The average molecular weight is 354 g/mol. The number of anilines is 1. The van der Waals surface area contributed by atoms with Crippen LogP contribution in [-0.4, -0.2) is 29.3 Å². The number of aliphatic hydroxyl groups excluding tert-OH is 1. The molecule has 0 heterocycles. The summed E-state index contributed by atoms with van der Waals surface area (Å²) in [6.07, 6.45) is 10.4. The lowest BCUT2D eigenvalue weighted by Gasteiger charge is -2.41. The Morgan fingerprint density at radius 2 is 2.04 bits per heavy atom. The van der Waals surface area contributed by atoms with E-state index in [0.29, 0.717) is 6.04 Å². The van der Waals surface area contributed by atoms with E-state index in [1.54, 1.807) is 12.1 Å². The van der Waals surface area contributed by atoms with E-state index in [-0.39, 0.29) is 22.5 Å². The van der Waals surface area contributed by atoms with Crippen LogP contribution in [0.1, 0.15) is 51.4 Å². The molecule has 2 fully saturated rings. The highest BCUT2D eigenvalue weighted by molar-refractivity contribution is 6.31. The molecule has 0 spiro atoms. The van der Waals surface area contributed by atoms with Gasteiger partial charge in [-0.05, 0) is 63.1 Å². The maximum Gasteiger partial charge on any atom is 0.141 e. The third-order valence-electron chi connectivity index (χ3n) is 5.35. The van der Waals surface area contributed by atoms with Crippen molar-refractivity contribution in [2.45, 2.75) is 69.1 Å². The molecule has 1 unspecified atom stereocenters. The molecule has 2 aliphatic carbocycles. The molecule has 1 radical (unpaired) electrons. The molecule has 3 nitrogen and oxygen atoms in total. The van der Waals surface area contributed by atoms with Gasteiger partial charge in [-0.1, -0.05) is 24.4 Å². The van der Waals surface area contributed by atoms with Gasteiger partial charge in [0.25, 0.3) is 0 Å². The minimum absolute atomic E-state index is 0.0462. The molecule has 1 atom stereocenters. The predicted molar refractivity (Wildman–Crippen MR) is 96.8 cm³/mol. The van der Waals surface area contributed by atoms with Crippen molar-refractivity contribution in [1.29, 1.82) is 0 Å². The Labute approximate surface area is 149 Å². The van der Waals surface area contributed by atoms with Gasteiger partial charge in [-0.3, -0.25) is 0 Å². The molecule has 0 amide bonds. The zero-order valence-electron chi connectivity index (χ0n) is 14.0. The zero-order valence-corrected chi connectivity index (χ0v) is 14.8. The zero-order chi connectivity index (χ0) is 17.0. The fourth-order valence-corrected chi connectivity index (χ4v) is 4.06. The molecule has 2 aliphatic rings. The fourth-order valence-electron chi connectivity index (χ4n) is 3.88. The lowest BCUT2D eigenvalue weighted by molar-refractivity contribution is 0.115. The Balaban J connectivity index is 1.64. The lowest BCUT2D eigenvalue weighted by atomic mass is 9.80. The van der Waals surface area contributed by atoms with Crippen LogP contribution in [0, 0.1) is 12.2 Å². The number of hydrogen-bond acceptors (Lipinski definition) is 3. The highest BCUT2D eigenvalue weighted by Gasteiger charge is 2.33. The molecule has 0 bridgehead atoms. The van der Waals surface area contributed by atoms with Crippen molar-refractivity contribution in [2.75, 3.05) is 11.9 Å². The van der Waals surface area contributed by atoms with E-state index in [2.05, 4.69) is 17.1 Å². The Hall–Kier alpha value is -0.840. The first-order chi connectivity index (χ1) is 11.6.